The zero-order valence-corrected chi connectivity index (χ0v) is 14.7. The summed E-state index contributed by atoms with van der Waals surface area (Å²) in [6.45, 7) is 0.308. The van der Waals surface area contributed by atoms with Crippen LogP contribution >= 0.6 is 11.3 Å². The van der Waals surface area contributed by atoms with E-state index in [0.717, 1.165) is 10.9 Å². The highest BCUT2D eigenvalue weighted by molar-refractivity contribution is 7.17. The summed E-state index contributed by atoms with van der Waals surface area (Å²) < 4.78 is 14.0. The van der Waals surface area contributed by atoms with Gasteiger partial charge in [-0.2, -0.15) is 0 Å². The molecule has 1 aliphatic rings. The molecule has 1 fully saturated rings. The molecule has 0 atom stereocenters. The minimum absolute atomic E-state index is 0.0350. The van der Waals surface area contributed by atoms with Gasteiger partial charge in [0.1, 0.15) is 11.5 Å². The van der Waals surface area contributed by atoms with E-state index in [0.29, 0.717) is 48.5 Å². The number of nitrogens with zero attached hydrogens (tertiary/aromatic N) is 3. The lowest BCUT2D eigenvalue weighted by atomic mass is 9.79. The number of pyridine rings is 1. The van der Waals surface area contributed by atoms with Gasteiger partial charge in [-0.05, 0) is 41.8 Å². The highest BCUT2D eigenvalue weighted by Gasteiger charge is 2.30. The minimum Gasteiger partial charge on any atom is -0.393 e. The van der Waals surface area contributed by atoms with Crippen LogP contribution in [0.2, 0.25) is 0 Å². The van der Waals surface area contributed by atoms with Crippen molar-refractivity contribution in [3.8, 4) is 0 Å². The summed E-state index contributed by atoms with van der Waals surface area (Å²) in [4.78, 5) is 25.3. The number of anilines is 1. The van der Waals surface area contributed by atoms with Crippen molar-refractivity contribution in [2.45, 2.75) is 31.9 Å². The molecule has 134 valence electrons. The van der Waals surface area contributed by atoms with Crippen LogP contribution in [0.3, 0.4) is 0 Å². The van der Waals surface area contributed by atoms with Crippen LogP contribution in [-0.4, -0.2) is 31.9 Å². The molecule has 0 bridgehead atoms. The molecule has 0 spiro atoms. The maximum Gasteiger partial charge on any atom is 0.224 e. The van der Waals surface area contributed by atoms with Crippen molar-refractivity contribution in [3.63, 3.8) is 0 Å². The van der Waals surface area contributed by atoms with E-state index in [1.54, 1.807) is 6.20 Å². The number of Topliss-reactive ketones (excluding diaryl/α,β-unsaturated/α-hetero) is 1. The van der Waals surface area contributed by atoms with Gasteiger partial charge in [-0.25, -0.2) is 14.4 Å². The van der Waals surface area contributed by atoms with Gasteiger partial charge in [0.25, 0.3) is 0 Å². The zero-order chi connectivity index (χ0) is 18.1. The SMILES string of the molecule is O=C(CC1CC(O)C1)c1nc(NCc2cncc(F)c2)nc2ccsc12. The molecular formula is C18H17FN4O2S. The van der Waals surface area contributed by atoms with Gasteiger partial charge in [0.2, 0.25) is 5.95 Å². The van der Waals surface area contributed by atoms with Crippen molar-refractivity contribution in [2.75, 3.05) is 5.32 Å². The van der Waals surface area contributed by atoms with Crippen LogP contribution in [0.25, 0.3) is 10.2 Å². The molecule has 8 heteroatoms. The van der Waals surface area contributed by atoms with E-state index in [1.165, 1.54) is 17.4 Å². The first-order valence-corrected chi connectivity index (χ1v) is 9.26. The van der Waals surface area contributed by atoms with Gasteiger partial charge in [-0.15, -0.1) is 11.3 Å². The van der Waals surface area contributed by atoms with Crippen LogP contribution in [0, 0.1) is 11.7 Å². The van der Waals surface area contributed by atoms with E-state index in [1.807, 2.05) is 11.4 Å². The monoisotopic (exact) mass is 372 g/mol. The van der Waals surface area contributed by atoms with Crippen LogP contribution in [0.1, 0.15) is 35.3 Å². The van der Waals surface area contributed by atoms with Gasteiger partial charge < -0.3 is 10.4 Å². The Morgan fingerprint density at radius 3 is 2.96 bits per heavy atom. The van der Waals surface area contributed by atoms with E-state index in [2.05, 4.69) is 20.3 Å². The van der Waals surface area contributed by atoms with Crippen LogP contribution in [-0.2, 0) is 6.54 Å². The fraction of sp³-hybridized carbons (Fsp3) is 0.333. The number of thiophene rings is 1. The quantitative estimate of drug-likeness (QED) is 0.646. The molecule has 0 saturated heterocycles. The van der Waals surface area contributed by atoms with Gasteiger partial charge in [0.05, 0.1) is 22.5 Å². The molecule has 4 rings (SSSR count). The summed E-state index contributed by atoms with van der Waals surface area (Å²) in [6.07, 6.45) is 4.15. The lowest BCUT2D eigenvalue weighted by Crippen LogP contribution is -2.30. The number of hydrogen-bond acceptors (Lipinski definition) is 7. The Balaban J connectivity index is 1.55. The largest absolute Gasteiger partial charge is 0.393 e. The fourth-order valence-corrected chi connectivity index (χ4v) is 3.93. The van der Waals surface area contributed by atoms with Gasteiger partial charge >= 0.3 is 0 Å². The predicted octanol–water partition coefficient (Wildman–Crippen LogP) is 3.18. The third-order valence-electron chi connectivity index (χ3n) is 4.46. The molecule has 3 aromatic heterocycles. The zero-order valence-electron chi connectivity index (χ0n) is 13.9. The summed E-state index contributed by atoms with van der Waals surface area (Å²) in [5.74, 6) is 0.110. The van der Waals surface area contributed by atoms with Gasteiger partial charge in [0.15, 0.2) is 5.78 Å². The van der Waals surface area contributed by atoms with E-state index in [9.17, 15) is 14.3 Å². The van der Waals surface area contributed by atoms with Crippen molar-refractivity contribution >= 4 is 33.3 Å². The van der Waals surface area contributed by atoms with Gasteiger partial charge in [-0.1, -0.05) is 0 Å². The second-order valence-corrected chi connectivity index (χ2v) is 7.43. The number of nitrogens with one attached hydrogen (secondary N) is 1. The standard InChI is InChI=1S/C18H17FN4O2S/c19-12-3-11(7-20-9-12)8-21-18-22-14-1-2-26-17(14)16(23-18)15(25)6-10-4-13(24)5-10/h1-3,7,9-10,13,24H,4-6,8H2,(H,21,22,23). The number of carbonyl (C=O) groups excluding carboxylic acids is 1. The molecule has 3 aromatic rings. The summed E-state index contributed by atoms with van der Waals surface area (Å²) >= 11 is 1.44. The lowest BCUT2D eigenvalue weighted by Gasteiger charge is -2.30. The Bertz CT molecular complexity index is 955. The van der Waals surface area contributed by atoms with Crippen LogP contribution in [0.15, 0.2) is 29.9 Å². The Labute approximate surface area is 153 Å². The van der Waals surface area contributed by atoms with Crippen LogP contribution in [0.4, 0.5) is 10.3 Å². The normalized spacial score (nSPS) is 19.3. The number of ketones is 1. The van der Waals surface area contributed by atoms with Crippen LogP contribution < -0.4 is 5.32 Å². The minimum atomic E-state index is -0.406. The number of rotatable bonds is 6. The molecule has 1 aliphatic carbocycles. The number of fused-ring (bicyclic) bond motifs is 1. The average molecular weight is 372 g/mol. The van der Waals surface area contributed by atoms with Gasteiger partial charge in [-0.3, -0.25) is 9.78 Å². The molecule has 6 nitrogen and oxygen atoms in total. The number of aliphatic hydroxyl groups excluding tert-OH is 1. The first-order valence-electron chi connectivity index (χ1n) is 8.38. The first-order chi connectivity index (χ1) is 12.6. The number of hydrogen-bond donors (Lipinski definition) is 2. The molecule has 3 heterocycles. The van der Waals surface area contributed by atoms with Crippen LogP contribution in [0.5, 0.6) is 0 Å². The van der Waals surface area contributed by atoms with E-state index in [4.69, 9.17) is 0 Å². The Kier molecular flexibility index (Phi) is 4.60. The molecule has 26 heavy (non-hydrogen) atoms. The topological polar surface area (TPSA) is 88.0 Å². The molecular weight excluding hydrogens is 355 g/mol. The number of aromatic nitrogens is 3. The Morgan fingerprint density at radius 2 is 2.19 bits per heavy atom. The highest BCUT2D eigenvalue weighted by Crippen LogP contribution is 2.32. The summed E-state index contributed by atoms with van der Waals surface area (Å²) in [5, 5.41) is 14.3. The maximum absolute atomic E-state index is 13.2. The average Bonchev–Trinajstić information content (AvgIpc) is 3.06. The third kappa shape index (κ3) is 3.56. The smallest absolute Gasteiger partial charge is 0.224 e. The predicted molar refractivity (Wildman–Crippen MR) is 96.6 cm³/mol. The second kappa shape index (κ2) is 7.05. The number of carbonyl (C=O) groups is 1. The molecule has 0 amide bonds. The van der Waals surface area contributed by atoms with Crippen molar-refractivity contribution < 1.29 is 14.3 Å². The molecule has 0 unspecified atom stereocenters. The maximum atomic E-state index is 13.2. The summed E-state index contributed by atoms with van der Waals surface area (Å²) in [7, 11) is 0. The molecule has 0 radical (unpaired) electrons. The Hall–Kier alpha value is -2.45. The number of aliphatic hydroxyl groups is 1. The third-order valence-corrected chi connectivity index (χ3v) is 5.38. The van der Waals surface area contributed by atoms with E-state index >= 15 is 0 Å². The fourth-order valence-electron chi connectivity index (χ4n) is 3.09. The van der Waals surface area contributed by atoms with E-state index < -0.39 is 5.82 Å². The van der Waals surface area contributed by atoms with Crippen molar-refractivity contribution in [2.24, 2.45) is 5.92 Å². The molecule has 1 saturated carbocycles. The lowest BCUT2D eigenvalue weighted by molar-refractivity contribution is 0.0380. The van der Waals surface area contributed by atoms with Crippen molar-refractivity contribution in [1.82, 2.24) is 15.0 Å². The highest BCUT2D eigenvalue weighted by atomic mass is 32.1. The Morgan fingerprint density at radius 1 is 1.35 bits per heavy atom. The van der Waals surface area contributed by atoms with E-state index in [-0.39, 0.29) is 17.8 Å². The number of halogens is 1. The van der Waals surface area contributed by atoms with Crippen molar-refractivity contribution in [1.29, 1.82) is 0 Å². The molecule has 0 aliphatic heterocycles. The van der Waals surface area contributed by atoms with Gasteiger partial charge in [0, 0.05) is 19.2 Å². The molecule has 2 N–H and O–H groups in total. The summed E-state index contributed by atoms with van der Waals surface area (Å²) in [6, 6.07) is 3.23. The summed E-state index contributed by atoms with van der Waals surface area (Å²) in [5.41, 5.74) is 1.78. The van der Waals surface area contributed by atoms with Crippen molar-refractivity contribution in [3.05, 3.63) is 47.0 Å². The molecule has 0 aromatic carbocycles. The second-order valence-electron chi connectivity index (χ2n) is 6.51. The first kappa shape index (κ1) is 17.0.